The van der Waals surface area contributed by atoms with Crippen LogP contribution in [0.3, 0.4) is 0 Å². The number of halogens is 1. The van der Waals surface area contributed by atoms with Gasteiger partial charge in [0, 0.05) is 10.0 Å². The fraction of sp³-hybridized carbons (Fsp3) is 0.211. The van der Waals surface area contributed by atoms with E-state index in [-0.39, 0.29) is 12.5 Å². The van der Waals surface area contributed by atoms with Crippen LogP contribution in [0, 0.1) is 0 Å². The molecule has 0 radical (unpaired) electrons. The molecule has 2 aromatic carbocycles. The maximum absolute atomic E-state index is 12.6. The number of rotatable bonds is 5. The van der Waals surface area contributed by atoms with Crippen LogP contribution in [-0.4, -0.2) is 30.2 Å². The Bertz CT molecular complexity index is 1070. The van der Waals surface area contributed by atoms with Crippen molar-refractivity contribution < 1.29 is 19.1 Å². The van der Waals surface area contributed by atoms with Gasteiger partial charge in [-0.2, -0.15) is 4.99 Å². The molecule has 1 aromatic heterocycles. The molecule has 140 valence electrons. The van der Waals surface area contributed by atoms with Crippen LogP contribution >= 0.6 is 27.3 Å². The van der Waals surface area contributed by atoms with Crippen LogP contribution in [0.5, 0.6) is 5.75 Å². The van der Waals surface area contributed by atoms with Crippen LogP contribution in [0.25, 0.3) is 10.2 Å². The number of carbonyl (C=O) groups excluding carboxylic acids is 2. The fourth-order valence-corrected chi connectivity index (χ4v) is 4.11. The van der Waals surface area contributed by atoms with Crippen molar-refractivity contribution in [2.75, 3.05) is 13.7 Å². The number of hydrogen-bond donors (Lipinski definition) is 0. The molecule has 0 spiro atoms. The number of nitrogens with zero attached hydrogens (tertiary/aromatic N) is 2. The minimum Gasteiger partial charge on any atom is -0.497 e. The molecular formula is C19H17BrN2O4S. The van der Waals surface area contributed by atoms with E-state index in [1.807, 2.05) is 18.2 Å². The summed E-state index contributed by atoms with van der Waals surface area (Å²) in [6.07, 6.45) is 0. The Balaban J connectivity index is 2.09. The average Bonchev–Trinajstić information content (AvgIpc) is 2.98. The van der Waals surface area contributed by atoms with E-state index in [9.17, 15) is 9.59 Å². The lowest BCUT2D eigenvalue weighted by molar-refractivity contribution is -0.143. The zero-order valence-corrected chi connectivity index (χ0v) is 17.2. The van der Waals surface area contributed by atoms with Gasteiger partial charge < -0.3 is 14.0 Å². The minimum atomic E-state index is -0.405. The normalized spacial score (nSPS) is 11.6. The summed E-state index contributed by atoms with van der Waals surface area (Å²) in [5.74, 6) is -0.205. The molecule has 3 rings (SSSR count). The van der Waals surface area contributed by atoms with Crippen LogP contribution in [0.4, 0.5) is 0 Å². The number of benzene rings is 2. The minimum absolute atomic E-state index is 0.0142. The maximum atomic E-state index is 12.6. The largest absolute Gasteiger partial charge is 0.497 e. The molecule has 0 saturated heterocycles. The van der Waals surface area contributed by atoms with E-state index in [0.29, 0.717) is 22.7 Å². The maximum Gasteiger partial charge on any atom is 0.326 e. The summed E-state index contributed by atoms with van der Waals surface area (Å²) in [5.41, 5.74) is 1.23. The molecule has 1 amide bonds. The number of aromatic nitrogens is 1. The Morgan fingerprint density at radius 3 is 2.78 bits per heavy atom. The van der Waals surface area contributed by atoms with Crippen LogP contribution in [0.2, 0.25) is 0 Å². The van der Waals surface area contributed by atoms with Gasteiger partial charge in [-0.3, -0.25) is 9.59 Å². The van der Waals surface area contributed by atoms with E-state index < -0.39 is 5.91 Å². The number of amides is 1. The van der Waals surface area contributed by atoms with E-state index in [0.717, 1.165) is 14.7 Å². The van der Waals surface area contributed by atoms with Gasteiger partial charge in [-0.1, -0.05) is 33.3 Å². The van der Waals surface area contributed by atoms with Crippen LogP contribution in [-0.2, 0) is 16.1 Å². The van der Waals surface area contributed by atoms with Crippen molar-refractivity contribution >= 4 is 49.4 Å². The highest BCUT2D eigenvalue weighted by Gasteiger charge is 2.13. The lowest BCUT2D eigenvalue weighted by Crippen LogP contribution is -2.23. The molecule has 0 atom stereocenters. The van der Waals surface area contributed by atoms with Gasteiger partial charge in [0.05, 0.1) is 23.9 Å². The second kappa shape index (κ2) is 8.49. The van der Waals surface area contributed by atoms with E-state index >= 15 is 0 Å². The number of thiazole rings is 1. The number of hydrogen-bond acceptors (Lipinski definition) is 5. The molecular weight excluding hydrogens is 432 g/mol. The van der Waals surface area contributed by atoms with Gasteiger partial charge in [0.1, 0.15) is 12.3 Å². The highest BCUT2D eigenvalue weighted by Crippen LogP contribution is 2.22. The Labute approximate surface area is 168 Å². The molecule has 0 N–H and O–H groups in total. The quantitative estimate of drug-likeness (QED) is 0.556. The lowest BCUT2D eigenvalue weighted by atomic mass is 10.2. The summed E-state index contributed by atoms with van der Waals surface area (Å²) < 4.78 is 13.7. The summed E-state index contributed by atoms with van der Waals surface area (Å²) in [4.78, 5) is 29.3. The second-order valence-electron chi connectivity index (χ2n) is 5.54. The molecule has 0 aliphatic rings. The number of esters is 1. The first-order valence-corrected chi connectivity index (χ1v) is 9.80. The zero-order valence-electron chi connectivity index (χ0n) is 14.8. The van der Waals surface area contributed by atoms with Gasteiger partial charge in [0.15, 0.2) is 4.80 Å². The Hall–Kier alpha value is -2.45. The van der Waals surface area contributed by atoms with Gasteiger partial charge in [0.25, 0.3) is 5.91 Å². The van der Waals surface area contributed by atoms with Gasteiger partial charge in [-0.05, 0) is 43.3 Å². The van der Waals surface area contributed by atoms with Gasteiger partial charge in [0.2, 0.25) is 0 Å². The van der Waals surface area contributed by atoms with Crippen molar-refractivity contribution in [1.82, 2.24) is 4.57 Å². The van der Waals surface area contributed by atoms with E-state index in [2.05, 4.69) is 20.9 Å². The van der Waals surface area contributed by atoms with Gasteiger partial charge >= 0.3 is 5.97 Å². The van der Waals surface area contributed by atoms with Crippen LogP contribution in [0.1, 0.15) is 17.3 Å². The Kier molecular flexibility index (Phi) is 6.08. The highest BCUT2D eigenvalue weighted by atomic mass is 79.9. The second-order valence-corrected chi connectivity index (χ2v) is 7.46. The van der Waals surface area contributed by atoms with Crippen LogP contribution in [0.15, 0.2) is 51.9 Å². The third-order valence-corrected chi connectivity index (χ3v) is 5.29. The van der Waals surface area contributed by atoms with Crippen LogP contribution < -0.4 is 9.54 Å². The summed E-state index contributed by atoms with van der Waals surface area (Å²) in [6.45, 7) is 2.03. The van der Waals surface area contributed by atoms with Gasteiger partial charge in [-0.15, -0.1) is 0 Å². The SMILES string of the molecule is CCOC(=O)Cn1c(=NC(=O)c2cccc(OC)c2)sc2cc(Br)ccc21. The first-order valence-electron chi connectivity index (χ1n) is 8.19. The first kappa shape index (κ1) is 19.3. The standard InChI is InChI=1S/C19H17BrN2O4S/c1-3-26-17(23)11-22-15-8-7-13(20)10-16(15)27-19(22)21-18(24)12-5-4-6-14(9-12)25-2/h4-10H,3,11H2,1-2H3. The predicted octanol–water partition coefficient (Wildman–Crippen LogP) is 3.78. The van der Waals surface area contributed by atoms with Crippen molar-refractivity contribution in [3.8, 4) is 5.75 Å². The molecule has 1 heterocycles. The molecule has 0 aliphatic carbocycles. The van der Waals surface area contributed by atoms with E-state index in [4.69, 9.17) is 9.47 Å². The van der Waals surface area contributed by atoms with E-state index in [1.54, 1.807) is 35.8 Å². The third-order valence-electron chi connectivity index (χ3n) is 3.75. The summed E-state index contributed by atoms with van der Waals surface area (Å²) >= 11 is 4.78. The topological polar surface area (TPSA) is 69.9 Å². The molecule has 27 heavy (non-hydrogen) atoms. The van der Waals surface area contributed by atoms with Crippen molar-refractivity contribution in [3.05, 3.63) is 57.3 Å². The molecule has 6 nitrogen and oxygen atoms in total. The number of ether oxygens (including phenoxy) is 2. The molecule has 0 aliphatic heterocycles. The van der Waals surface area contributed by atoms with Gasteiger partial charge in [-0.25, -0.2) is 0 Å². The number of methoxy groups -OCH3 is 1. The lowest BCUT2D eigenvalue weighted by Gasteiger charge is -2.05. The molecule has 0 bridgehead atoms. The summed E-state index contributed by atoms with van der Waals surface area (Å²) in [5, 5.41) is 0. The fourth-order valence-electron chi connectivity index (χ4n) is 2.53. The highest BCUT2D eigenvalue weighted by molar-refractivity contribution is 9.10. The number of fused-ring (bicyclic) bond motifs is 1. The summed E-state index contributed by atoms with van der Waals surface area (Å²) in [6, 6.07) is 12.5. The van der Waals surface area contributed by atoms with Crippen molar-refractivity contribution in [2.45, 2.75) is 13.5 Å². The molecule has 0 unspecified atom stereocenters. The smallest absolute Gasteiger partial charge is 0.326 e. The first-order chi connectivity index (χ1) is 13.0. The molecule has 0 saturated carbocycles. The third kappa shape index (κ3) is 4.45. The summed E-state index contributed by atoms with van der Waals surface area (Å²) in [7, 11) is 1.54. The van der Waals surface area contributed by atoms with Crippen molar-refractivity contribution in [3.63, 3.8) is 0 Å². The average molecular weight is 449 g/mol. The molecule has 8 heteroatoms. The zero-order chi connectivity index (χ0) is 19.4. The Morgan fingerprint density at radius 1 is 1.22 bits per heavy atom. The molecule has 0 fully saturated rings. The van der Waals surface area contributed by atoms with Crippen molar-refractivity contribution in [2.24, 2.45) is 4.99 Å². The molecule has 3 aromatic rings. The number of carbonyl (C=O) groups is 2. The van der Waals surface area contributed by atoms with E-state index in [1.165, 1.54) is 18.4 Å². The monoisotopic (exact) mass is 448 g/mol. The van der Waals surface area contributed by atoms with Crippen molar-refractivity contribution in [1.29, 1.82) is 0 Å². The predicted molar refractivity (Wildman–Crippen MR) is 107 cm³/mol. The Morgan fingerprint density at radius 2 is 2.04 bits per heavy atom.